The van der Waals surface area contributed by atoms with Crippen LogP contribution in [0.3, 0.4) is 0 Å². The Morgan fingerprint density at radius 3 is 1.54 bits per heavy atom. The Kier molecular flexibility index (Phi) is 5.96. The minimum atomic E-state index is 0.654. The van der Waals surface area contributed by atoms with Gasteiger partial charge in [0.15, 0.2) is 23.0 Å². The Bertz CT molecular complexity index is 3250. The molecule has 6 heteroatoms. The van der Waals surface area contributed by atoms with Gasteiger partial charge in [-0.3, -0.25) is 9.13 Å². The molecule has 0 bridgehead atoms. The van der Waals surface area contributed by atoms with Crippen molar-refractivity contribution in [2.75, 3.05) is 0 Å². The topological polar surface area (TPSA) is 46.4 Å². The smallest absolute Gasteiger partial charge is 0.206 e. The van der Waals surface area contributed by atoms with Gasteiger partial charge in [0.25, 0.3) is 0 Å². The van der Waals surface area contributed by atoms with Gasteiger partial charge in [-0.25, -0.2) is 0 Å². The summed E-state index contributed by atoms with van der Waals surface area (Å²) in [6.45, 7) is 0. The lowest BCUT2D eigenvalue weighted by atomic mass is 10.1. The Balaban J connectivity index is 1.07. The van der Waals surface area contributed by atoms with E-state index in [1.54, 1.807) is 0 Å². The van der Waals surface area contributed by atoms with E-state index >= 15 is 0 Å². The zero-order chi connectivity index (χ0) is 35.3. The summed E-state index contributed by atoms with van der Waals surface area (Å²) < 4.78 is 26.2. The zero-order valence-electron chi connectivity index (χ0n) is 28.8. The van der Waals surface area contributed by atoms with Gasteiger partial charge in [0.1, 0.15) is 11.4 Å². The maximum absolute atomic E-state index is 6.81. The molecular weight excluding hydrogens is 667 g/mol. The van der Waals surface area contributed by atoms with Crippen LogP contribution in [-0.2, 0) is 0 Å². The maximum atomic E-state index is 6.81. The quantitative estimate of drug-likeness (QED) is 0.184. The number of nitrogens with zero attached hydrogens (tertiary/aromatic N) is 3. The van der Waals surface area contributed by atoms with Crippen molar-refractivity contribution in [2.24, 2.45) is 0 Å². The first-order valence-corrected chi connectivity index (χ1v) is 18.1. The molecular formula is C48H29N3O3. The van der Waals surface area contributed by atoms with E-state index in [0.29, 0.717) is 23.0 Å². The minimum Gasteiger partial charge on any atom is -0.450 e. The first-order chi connectivity index (χ1) is 26.8. The molecule has 11 aromatic rings. The number of hydrogen-bond donors (Lipinski definition) is 0. The van der Waals surface area contributed by atoms with Gasteiger partial charge < -0.3 is 18.5 Å². The third-order valence-corrected chi connectivity index (χ3v) is 10.7. The summed E-state index contributed by atoms with van der Waals surface area (Å²) >= 11 is 0. The first kappa shape index (κ1) is 29.2. The van der Waals surface area contributed by atoms with Gasteiger partial charge in [-0.05, 0) is 78.9 Å². The summed E-state index contributed by atoms with van der Waals surface area (Å²) in [7, 11) is 0. The molecule has 0 fully saturated rings. The predicted molar refractivity (Wildman–Crippen MR) is 216 cm³/mol. The highest BCUT2D eigenvalue weighted by atomic mass is 16.6. The van der Waals surface area contributed by atoms with Crippen LogP contribution in [0, 0.1) is 0 Å². The first-order valence-electron chi connectivity index (χ1n) is 18.1. The average Bonchev–Trinajstić information content (AvgIpc) is 4.00. The monoisotopic (exact) mass is 695 g/mol. The van der Waals surface area contributed by atoms with Crippen molar-refractivity contribution >= 4 is 54.6 Å². The Labute approximate surface area is 308 Å². The SMILES string of the molecule is c1cc(-n2c3ccccc3c3ccccc32)cc(-n2c3ccccc3c3c4ccccc4n(-c4ccc(-c5ccc6c(c5)Oc5ccccc5O6)o4)c32)c1. The molecule has 7 aromatic carbocycles. The van der Waals surface area contributed by atoms with Gasteiger partial charge in [-0.2, -0.15) is 0 Å². The van der Waals surface area contributed by atoms with Gasteiger partial charge in [0, 0.05) is 49.9 Å². The third-order valence-electron chi connectivity index (χ3n) is 10.7. The van der Waals surface area contributed by atoms with E-state index in [1.165, 1.54) is 32.6 Å². The molecule has 254 valence electrons. The standard InChI is InChI=1S/C48H29N3O3/c1-5-18-37-33(14-1)34-15-2-6-19-38(34)49(37)31-12-11-13-32(29-31)50-39-20-7-3-16-35(39)47-36-17-4-8-21-40(36)51(48(47)50)46-27-26-41(54-46)30-24-25-44-45(28-30)53-43-23-10-9-22-42(43)52-44/h1-29H. The fraction of sp³-hybridized carbons (Fsp3) is 0. The lowest BCUT2D eigenvalue weighted by molar-refractivity contribution is 0.359. The second-order valence-corrected chi connectivity index (χ2v) is 13.7. The van der Waals surface area contributed by atoms with E-state index in [0.717, 1.165) is 50.6 Å². The molecule has 0 saturated carbocycles. The van der Waals surface area contributed by atoms with Crippen LogP contribution in [0.1, 0.15) is 0 Å². The summed E-state index contributed by atoms with van der Waals surface area (Å²) in [5.74, 6) is 4.18. The molecule has 54 heavy (non-hydrogen) atoms. The number of aromatic nitrogens is 3. The van der Waals surface area contributed by atoms with E-state index in [4.69, 9.17) is 13.9 Å². The van der Waals surface area contributed by atoms with Crippen molar-refractivity contribution in [3.8, 4) is 51.6 Å². The van der Waals surface area contributed by atoms with Gasteiger partial charge in [0.2, 0.25) is 5.88 Å². The van der Waals surface area contributed by atoms with Crippen molar-refractivity contribution in [1.29, 1.82) is 0 Å². The molecule has 1 aliphatic rings. The van der Waals surface area contributed by atoms with Gasteiger partial charge in [-0.1, -0.05) is 91.0 Å². The van der Waals surface area contributed by atoms with Gasteiger partial charge in [0.05, 0.1) is 22.1 Å². The van der Waals surface area contributed by atoms with E-state index in [1.807, 2.05) is 48.5 Å². The lowest BCUT2D eigenvalue weighted by Crippen LogP contribution is -2.02. The molecule has 0 aliphatic carbocycles. The molecule has 5 heterocycles. The molecule has 12 rings (SSSR count). The number of ether oxygens (including phenoxy) is 2. The average molecular weight is 696 g/mol. The normalized spacial score (nSPS) is 12.4. The molecule has 0 N–H and O–H groups in total. The van der Waals surface area contributed by atoms with Crippen LogP contribution in [-0.4, -0.2) is 13.7 Å². The van der Waals surface area contributed by atoms with Crippen LogP contribution in [0.4, 0.5) is 0 Å². The van der Waals surface area contributed by atoms with Gasteiger partial charge >= 0.3 is 0 Å². The van der Waals surface area contributed by atoms with E-state index in [2.05, 4.69) is 141 Å². The van der Waals surface area contributed by atoms with Crippen LogP contribution in [0.15, 0.2) is 180 Å². The van der Waals surface area contributed by atoms with Crippen LogP contribution < -0.4 is 9.47 Å². The van der Waals surface area contributed by atoms with Crippen LogP contribution >= 0.6 is 0 Å². The molecule has 0 saturated heterocycles. The molecule has 4 aromatic heterocycles. The highest BCUT2D eigenvalue weighted by Crippen LogP contribution is 2.47. The zero-order valence-corrected chi connectivity index (χ0v) is 28.8. The number of para-hydroxylation sites is 6. The fourth-order valence-corrected chi connectivity index (χ4v) is 8.44. The highest BCUT2D eigenvalue weighted by Gasteiger charge is 2.25. The summed E-state index contributed by atoms with van der Waals surface area (Å²) in [5.41, 5.74) is 8.65. The molecule has 0 atom stereocenters. The summed E-state index contributed by atoms with van der Waals surface area (Å²) in [5, 5.41) is 6.01. The molecule has 0 amide bonds. The van der Waals surface area contributed by atoms with Crippen molar-refractivity contribution in [1.82, 2.24) is 13.7 Å². The number of fused-ring (bicyclic) bond motifs is 10. The minimum absolute atomic E-state index is 0.654. The number of furan rings is 1. The fourth-order valence-electron chi connectivity index (χ4n) is 8.44. The highest BCUT2D eigenvalue weighted by molar-refractivity contribution is 6.22. The van der Waals surface area contributed by atoms with Crippen LogP contribution in [0.2, 0.25) is 0 Å². The second-order valence-electron chi connectivity index (χ2n) is 13.7. The van der Waals surface area contributed by atoms with E-state index < -0.39 is 0 Å². The lowest BCUT2D eigenvalue weighted by Gasteiger charge is -2.20. The summed E-state index contributed by atoms with van der Waals surface area (Å²) in [6.07, 6.45) is 0. The largest absolute Gasteiger partial charge is 0.450 e. The summed E-state index contributed by atoms with van der Waals surface area (Å²) in [4.78, 5) is 0. The molecule has 6 nitrogen and oxygen atoms in total. The van der Waals surface area contributed by atoms with Crippen molar-refractivity contribution in [3.63, 3.8) is 0 Å². The van der Waals surface area contributed by atoms with Crippen molar-refractivity contribution < 1.29 is 13.9 Å². The Hall–Kier alpha value is -7.44. The number of hydrogen-bond acceptors (Lipinski definition) is 3. The van der Waals surface area contributed by atoms with Gasteiger partial charge in [-0.15, -0.1) is 0 Å². The Morgan fingerprint density at radius 1 is 0.352 bits per heavy atom. The molecule has 0 unspecified atom stereocenters. The maximum Gasteiger partial charge on any atom is 0.206 e. The Morgan fingerprint density at radius 2 is 0.870 bits per heavy atom. The summed E-state index contributed by atoms with van der Waals surface area (Å²) in [6, 6.07) is 61.1. The number of rotatable bonds is 4. The van der Waals surface area contributed by atoms with Crippen LogP contribution in [0.25, 0.3) is 83.2 Å². The van der Waals surface area contributed by atoms with Crippen molar-refractivity contribution in [3.05, 3.63) is 176 Å². The third kappa shape index (κ3) is 4.10. The molecule has 1 aliphatic heterocycles. The second kappa shape index (κ2) is 11.0. The van der Waals surface area contributed by atoms with Crippen molar-refractivity contribution in [2.45, 2.75) is 0 Å². The number of benzene rings is 7. The van der Waals surface area contributed by atoms with Crippen LogP contribution in [0.5, 0.6) is 23.0 Å². The van der Waals surface area contributed by atoms with E-state index in [-0.39, 0.29) is 0 Å². The predicted octanol–water partition coefficient (Wildman–Crippen LogP) is 13.0. The van der Waals surface area contributed by atoms with E-state index in [9.17, 15) is 0 Å². The molecule has 0 spiro atoms. The molecule has 0 radical (unpaired) electrons.